The first kappa shape index (κ1) is 19.9. The molecule has 4 aromatic rings. The Bertz CT molecular complexity index is 1170. The molecule has 1 heterocycles. The van der Waals surface area contributed by atoms with Crippen LogP contribution >= 0.6 is 0 Å². The van der Waals surface area contributed by atoms with Gasteiger partial charge in [-0.25, -0.2) is 4.39 Å². The van der Waals surface area contributed by atoms with Gasteiger partial charge in [-0.3, -0.25) is 4.79 Å². The van der Waals surface area contributed by atoms with Gasteiger partial charge in [0, 0.05) is 17.5 Å². The van der Waals surface area contributed by atoms with Crippen LogP contribution in [0.3, 0.4) is 0 Å². The van der Waals surface area contributed by atoms with E-state index in [0.717, 1.165) is 16.7 Å². The summed E-state index contributed by atoms with van der Waals surface area (Å²) in [5, 5.41) is 3.46. The summed E-state index contributed by atoms with van der Waals surface area (Å²) in [6.07, 6.45) is 0. The Morgan fingerprint density at radius 2 is 1.63 bits per heavy atom. The van der Waals surface area contributed by atoms with Crippen LogP contribution in [0.1, 0.15) is 32.8 Å². The van der Waals surface area contributed by atoms with E-state index < -0.39 is 5.82 Å². The molecule has 0 aliphatic carbocycles. The molecule has 0 fully saturated rings. The van der Waals surface area contributed by atoms with Gasteiger partial charge in [0.05, 0.1) is 13.2 Å². The molecule has 4 rings (SSSR count). The van der Waals surface area contributed by atoms with Crippen LogP contribution < -0.4 is 5.32 Å². The van der Waals surface area contributed by atoms with Gasteiger partial charge in [-0.05, 0) is 29.7 Å². The molecule has 0 spiro atoms. The predicted molar refractivity (Wildman–Crippen MR) is 113 cm³/mol. The summed E-state index contributed by atoms with van der Waals surface area (Å²) < 4.78 is 25.2. The molecule has 0 radical (unpaired) electrons. The number of nitrogens with one attached hydrogen (secondary N) is 1. The Kier molecular flexibility index (Phi) is 5.91. The molecular formula is C25H22FNO3. The lowest BCUT2D eigenvalue weighted by molar-refractivity contribution is 0.0924. The summed E-state index contributed by atoms with van der Waals surface area (Å²) in [4.78, 5) is 12.6. The molecule has 0 atom stereocenters. The van der Waals surface area contributed by atoms with Crippen molar-refractivity contribution in [3.05, 3.63) is 107 Å². The van der Waals surface area contributed by atoms with Gasteiger partial charge in [0.25, 0.3) is 5.91 Å². The van der Waals surface area contributed by atoms with Crippen molar-refractivity contribution in [1.82, 2.24) is 5.32 Å². The minimum Gasteiger partial charge on any atom is -0.448 e. The van der Waals surface area contributed by atoms with Crippen molar-refractivity contribution in [3.63, 3.8) is 0 Å². The molecular weight excluding hydrogens is 381 g/mol. The fourth-order valence-corrected chi connectivity index (χ4v) is 3.38. The van der Waals surface area contributed by atoms with Gasteiger partial charge in [-0.2, -0.15) is 0 Å². The first-order chi connectivity index (χ1) is 14.6. The minimum absolute atomic E-state index is 0.109. The van der Waals surface area contributed by atoms with Gasteiger partial charge in [0.1, 0.15) is 0 Å². The fraction of sp³-hybridized carbons (Fsp3) is 0.160. The van der Waals surface area contributed by atoms with Crippen molar-refractivity contribution in [1.29, 1.82) is 0 Å². The van der Waals surface area contributed by atoms with Crippen LogP contribution in [0.2, 0.25) is 0 Å². The average molecular weight is 403 g/mol. The number of rotatable bonds is 7. The van der Waals surface area contributed by atoms with Crippen LogP contribution in [-0.4, -0.2) is 5.91 Å². The van der Waals surface area contributed by atoms with Gasteiger partial charge < -0.3 is 14.5 Å². The van der Waals surface area contributed by atoms with Crippen molar-refractivity contribution in [2.24, 2.45) is 0 Å². The molecule has 152 valence electrons. The summed E-state index contributed by atoms with van der Waals surface area (Å²) in [5.74, 6) is -0.705. The molecule has 0 saturated carbocycles. The predicted octanol–water partition coefficient (Wildman–Crippen LogP) is 5.53. The first-order valence-corrected chi connectivity index (χ1v) is 9.77. The summed E-state index contributed by atoms with van der Waals surface area (Å²) in [7, 11) is 0. The normalized spacial score (nSPS) is 11.0. The standard InChI is InChI=1S/C25H22FNO3/c1-17-21-11-6-12-22(26)24(21)30-23(17)25(28)27-14-19-9-5-10-20(13-19)16-29-15-18-7-3-2-4-8-18/h2-13H,14-16H2,1H3,(H,27,28). The number of aryl methyl sites for hydroxylation is 1. The van der Waals surface area contributed by atoms with E-state index in [-0.39, 0.29) is 17.3 Å². The molecule has 0 aliphatic rings. The van der Waals surface area contributed by atoms with E-state index in [4.69, 9.17) is 9.15 Å². The zero-order valence-electron chi connectivity index (χ0n) is 16.7. The summed E-state index contributed by atoms with van der Waals surface area (Å²) in [6, 6.07) is 22.5. The van der Waals surface area contributed by atoms with E-state index in [1.165, 1.54) is 6.07 Å². The Hall–Kier alpha value is -3.44. The van der Waals surface area contributed by atoms with Crippen molar-refractivity contribution in [2.45, 2.75) is 26.7 Å². The number of benzene rings is 3. The Labute approximate surface area is 174 Å². The topological polar surface area (TPSA) is 51.5 Å². The summed E-state index contributed by atoms with van der Waals surface area (Å²) in [6.45, 7) is 3.12. The molecule has 4 nitrogen and oxygen atoms in total. The number of carbonyl (C=O) groups is 1. The van der Waals surface area contributed by atoms with Crippen LogP contribution in [0, 0.1) is 12.7 Å². The lowest BCUT2D eigenvalue weighted by Crippen LogP contribution is -2.23. The van der Waals surface area contributed by atoms with Gasteiger partial charge in [-0.15, -0.1) is 0 Å². The van der Waals surface area contributed by atoms with Crippen molar-refractivity contribution < 1.29 is 18.3 Å². The number of halogens is 1. The quantitative estimate of drug-likeness (QED) is 0.442. The maximum Gasteiger partial charge on any atom is 0.287 e. The van der Waals surface area contributed by atoms with E-state index in [0.29, 0.717) is 30.7 Å². The number of carbonyl (C=O) groups excluding carboxylic acids is 1. The third-order valence-corrected chi connectivity index (χ3v) is 4.95. The number of hydrogen-bond acceptors (Lipinski definition) is 3. The lowest BCUT2D eigenvalue weighted by atomic mass is 10.1. The maximum atomic E-state index is 13.9. The van der Waals surface area contributed by atoms with Crippen molar-refractivity contribution >= 4 is 16.9 Å². The van der Waals surface area contributed by atoms with E-state index in [1.54, 1.807) is 19.1 Å². The Morgan fingerprint density at radius 3 is 2.43 bits per heavy atom. The third kappa shape index (κ3) is 4.42. The average Bonchev–Trinajstić information content (AvgIpc) is 3.11. The highest BCUT2D eigenvalue weighted by Crippen LogP contribution is 2.27. The number of amides is 1. The van der Waals surface area contributed by atoms with Crippen molar-refractivity contribution in [3.8, 4) is 0 Å². The highest BCUT2D eigenvalue weighted by atomic mass is 19.1. The second-order valence-corrected chi connectivity index (χ2v) is 7.15. The van der Waals surface area contributed by atoms with Crippen LogP contribution in [0.25, 0.3) is 11.0 Å². The van der Waals surface area contributed by atoms with Crippen molar-refractivity contribution in [2.75, 3.05) is 0 Å². The number of furan rings is 1. The fourth-order valence-electron chi connectivity index (χ4n) is 3.38. The molecule has 1 aromatic heterocycles. The molecule has 1 amide bonds. The van der Waals surface area contributed by atoms with Crippen LogP contribution in [0.4, 0.5) is 4.39 Å². The monoisotopic (exact) mass is 403 g/mol. The van der Waals surface area contributed by atoms with Gasteiger partial charge in [0.15, 0.2) is 17.2 Å². The highest BCUT2D eigenvalue weighted by Gasteiger charge is 2.19. The largest absolute Gasteiger partial charge is 0.448 e. The summed E-state index contributed by atoms with van der Waals surface area (Å²) >= 11 is 0. The first-order valence-electron chi connectivity index (χ1n) is 9.77. The minimum atomic E-state index is -0.474. The van der Waals surface area contributed by atoms with Gasteiger partial charge >= 0.3 is 0 Å². The molecule has 3 aromatic carbocycles. The van der Waals surface area contributed by atoms with Gasteiger partial charge in [0.2, 0.25) is 0 Å². The van der Waals surface area contributed by atoms with Crippen LogP contribution in [-0.2, 0) is 24.5 Å². The van der Waals surface area contributed by atoms with Crippen LogP contribution in [0.15, 0.2) is 77.2 Å². The smallest absolute Gasteiger partial charge is 0.287 e. The van der Waals surface area contributed by atoms with Crippen LogP contribution in [0.5, 0.6) is 0 Å². The second-order valence-electron chi connectivity index (χ2n) is 7.15. The molecule has 5 heteroatoms. The van der Waals surface area contributed by atoms with E-state index in [9.17, 15) is 9.18 Å². The molecule has 0 aliphatic heterocycles. The molecule has 1 N–H and O–H groups in total. The van der Waals surface area contributed by atoms with E-state index >= 15 is 0 Å². The molecule has 0 saturated heterocycles. The van der Waals surface area contributed by atoms with E-state index in [1.807, 2.05) is 54.6 Å². The number of fused-ring (bicyclic) bond motifs is 1. The summed E-state index contributed by atoms with van der Waals surface area (Å²) in [5.41, 5.74) is 3.84. The lowest BCUT2D eigenvalue weighted by Gasteiger charge is -2.08. The second kappa shape index (κ2) is 8.93. The Morgan fingerprint density at radius 1 is 0.933 bits per heavy atom. The maximum absolute atomic E-state index is 13.9. The number of para-hydroxylation sites is 1. The molecule has 30 heavy (non-hydrogen) atoms. The SMILES string of the molecule is Cc1c(C(=O)NCc2cccc(COCc3ccccc3)c2)oc2c(F)cccc12. The highest BCUT2D eigenvalue weighted by molar-refractivity contribution is 5.98. The third-order valence-electron chi connectivity index (χ3n) is 4.95. The van der Waals surface area contributed by atoms with Gasteiger partial charge in [-0.1, -0.05) is 66.7 Å². The number of ether oxygens (including phenoxy) is 1. The molecule has 0 unspecified atom stereocenters. The Balaban J connectivity index is 1.37. The number of hydrogen-bond donors (Lipinski definition) is 1. The molecule has 0 bridgehead atoms. The van der Waals surface area contributed by atoms with E-state index in [2.05, 4.69) is 5.32 Å². The zero-order valence-corrected chi connectivity index (χ0v) is 16.7. The zero-order chi connectivity index (χ0) is 20.9.